The van der Waals surface area contributed by atoms with Gasteiger partial charge in [-0.3, -0.25) is 4.79 Å². The van der Waals surface area contributed by atoms with Crippen molar-refractivity contribution < 1.29 is 9.63 Å². The van der Waals surface area contributed by atoms with E-state index in [0.29, 0.717) is 0 Å². The summed E-state index contributed by atoms with van der Waals surface area (Å²) in [7, 11) is 1.50. The van der Waals surface area contributed by atoms with Gasteiger partial charge in [0.2, 0.25) is 5.91 Å². The van der Waals surface area contributed by atoms with Gasteiger partial charge in [0.05, 0.1) is 7.11 Å². The van der Waals surface area contributed by atoms with Gasteiger partial charge in [0.25, 0.3) is 0 Å². The van der Waals surface area contributed by atoms with Gasteiger partial charge < -0.3 is 10.2 Å². The van der Waals surface area contributed by atoms with Crippen molar-refractivity contribution in [1.82, 2.24) is 10.8 Å². The molecule has 0 radical (unpaired) electrons. The molecule has 4 heteroatoms. The Morgan fingerprint density at radius 1 is 1.46 bits per heavy atom. The SMILES string of the molecule is CCCC(C)NC(=O)C(C)NOC. The van der Waals surface area contributed by atoms with E-state index >= 15 is 0 Å². The lowest BCUT2D eigenvalue weighted by atomic mass is 10.2. The van der Waals surface area contributed by atoms with Crippen LogP contribution in [0.5, 0.6) is 0 Å². The highest BCUT2D eigenvalue weighted by Crippen LogP contribution is 1.95. The van der Waals surface area contributed by atoms with Crippen molar-refractivity contribution in [2.45, 2.75) is 45.7 Å². The van der Waals surface area contributed by atoms with Gasteiger partial charge in [-0.15, -0.1) is 0 Å². The smallest absolute Gasteiger partial charge is 0.239 e. The van der Waals surface area contributed by atoms with Crippen LogP contribution >= 0.6 is 0 Å². The summed E-state index contributed by atoms with van der Waals surface area (Å²) in [5.74, 6) is -0.0252. The van der Waals surface area contributed by atoms with Gasteiger partial charge in [-0.1, -0.05) is 13.3 Å². The molecule has 4 nitrogen and oxygen atoms in total. The predicted molar refractivity (Wildman–Crippen MR) is 52.1 cm³/mol. The monoisotopic (exact) mass is 188 g/mol. The number of rotatable bonds is 6. The summed E-state index contributed by atoms with van der Waals surface area (Å²) in [6.45, 7) is 5.86. The van der Waals surface area contributed by atoms with E-state index in [1.165, 1.54) is 7.11 Å². The summed E-state index contributed by atoms with van der Waals surface area (Å²) < 4.78 is 0. The van der Waals surface area contributed by atoms with Gasteiger partial charge >= 0.3 is 0 Å². The Labute approximate surface area is 80.0 Å². The van der Waals surface area contributed by atoms with Crippen LogP contribution in [-0.2, 0) is 9.63 Å². The molecule has 0 saturated heterocycles. The third-order valence-corrected chi connectivity index (χ3v) is 1.80. The van der Waals surface area contributed by atoms with E-state index in [0.717, 1.165) is 12.8 Å². The molecule has 2 atom stereocenters. The first-order chi connectivity index (χ1) is 6.11. The molecule has 0 bridgehead atoms. The Morgan fingerprint density at radius 2 is 2.08 bits per heavy atom. The zero-order chi connectivity index (χ0) is 10.3. The molecule has 2 unspecified atom stereocenters. The number of hydrogen-bond acceptors (Lipinski definition) is 3. The van der Waals surface area contributed by atoms with E-state index in [1.807, 2.05) is 6.92 Å². The molecule has 0 aliphatic carbocycles. The van der Waals surface area contributed by atoms with E-state index in [-0.39, 0.29) is 18.0 Å². The Kier molecular flexibility index (Phi) is 6.54. The summed E-state index contributed by atoms with van der Waals surface area (Å²) in [4.78, 5) is 16.0. The standard InChI is InChI=1S/C9H20N2O2/c1-5-6-7(2)10-9(12)8(3)11-13-4/h7-8,11H,5-6H2,1-4H3,(H,10,12). The van der Waals surface area contributed by atoms with E-state index < -0.39 is 0 Å². The van der Waals surface area contributed by atoms with Crippen LogP contribution in [0, 0.1) is 0 Å². The number of carbonyl (C=O) groups is 1. The number of carbonyl (C=O) groups excluding carboxylic acids is 1. The molecule has 0 aliphatic heterocycles. The first-order valence-corrected chi connectivity index (χ1v) is 4.70. The number of amides is 1. The van der Waals surface area contributed by atoms with Gasteiger partial charge in [-0.25, -0.2) is 0 Å². The predicted octanol–water partition coefficient (Wildman–Crippen LogP) is 0.831. The van der Waals surface area contributed by atoms with Crippen molar-refractivity contribution in [2.24, 2.45) is 0 Å². The molecule has 0 spiro atoms. The van der Waals surface area contributed by atoms with E-state index in [2.05, 4.69) is 22.6 Å². The highest BCUT2D eigenvalue weighted by atomic mass is 16.6. The molecular weight excluding hydrogens is 168 g/mol. The van der Waals surface area contributed by atoms with Crippen LogP contribution in [-0.4, -0.2) is 25.1 Å². The average Bonchev–Trinajstić information content (AvgIpc) is 2.05. The van der Waals surface area contributed by atoms with Crippen molar-refractivity contribution in [1.29, 1.82) is 0 Å². The van der Waals surface area contributed by atoms with Crippen molar-refractivity contribution in [3.63, 3.8) is 0 Å². The maximum absolute atomic E-state index is 11.4. The summed E-state index contributed by atoms with van der Waals surface area (Å²) in [6, 6.07) is -0.0667. The van der Waals surface area contributed by atoms with E-state index in [4.69, 9.17) is 0 Å². The lowest BCUT2D eigenvalue weighted by Crippen LogP contribution is -2.45. The fourth-order valence-electron chi connectivity index (χ4n) is 1.10. The van der Waals surface area contributed by atoms with Crippen LogP contribution in [0.15, 0.2) is 0 Å². The lowest BCUT2D eigenvalue weighted by molar-refractivity contribution is -0.126. The maximum atomic E-state index is 11.4. The molecule has 0 aromatic heterocycles. The minimum atomic E-state index is -0.302. The van der Waals surface area contributed by atoms with Crippen molar-refractivity contribution in [3.05, 3.63) is 0 Å². The normalized spacial score (nSPS) is 15.1. The van der Waals surface area contributed by atoms with E-state index in [1.54, 1.807) is 6.92 Å². The van der Waals surface area contributed by atoms with Crippen LogP contribution in [0.3, 0.4) is 0 Å². The van der Waals surface area contributed by atoms with Crippen molar-refractivity contribution in [3.8, 4) is 0 Å². The third-order valence-electron chi connectivity index (χ3n) is 1.80. The molecule has 0 saturated carbocycles. The van der Waals surface area contributed by atoms with Gasteiger partial charge in [0, 0.05) is 6.04 Å². The molecule has 0 aromatic carbocycles. The maximum Gasteiger partial charge on any atom is 0.239 e. The number of hydroxylamine groups is 1. The quantitative estimate of drug-likeness (QED) is 0.607. The van der Waals surface area contributed by atoms with Gasteiger partial charge in [-0.05, 0) is 20.3 Å². The fraction of sp³-hybridized carbons (Fsp3) is 0.889. The van der Waals surface area contributed by atoms with Gasteiger partial charge in [0.15, 0.2) is 0 Å². The van der Waals surface area contributed by atoms with Crippen LogP contribution < -0.4 is 10.8 Å². The highest BCUT2D eigenvalue weighted by Gasteiger charge is 2.13. The lowest BCUT2D eigenvalue weighted by Gasteiger charge is -2.16. The third kappa shape index (κ3) is 5.60. The van der Waals surface area contributed by atoms with E-state index in [9.17, 15) is 4.79 Å². The second-order valence-corrected chi connectivity index (χ2v) is 3.24. The minimum Gasteiger partial charge on any atom is -0.352 e. The van der Waals surface area contributed by atoms with Crippen molar-refractivity contribution in [2.75, 3.05) is 7.11 Å². The molecule has 78 valence electrons. The van der Waals surface area contributed by atoms with Crippen LogP contribution in [0.2, 0.25) is 0 Å². The summed E-state index contributed by atoms with van der Waals surface area (Å²) in [5.41, 5.74) is 2.58. The zero-order valence-electron chi connectivity index (χ0n) is 8.89. The summed E-state index contributed by atoms with van der Waals surface area (Å²) >= 11 is 0. The molecule has 0 aromatic rings. The van der Waals surface area contributed by atoms with Crippen LogP contribution in [0.1, 0.15) is 33.6 Å². The Morgan fingerprint density at radius 3 is 2.54 bits per heavy atom. The summed E-state index contributed by atoms with van der Waals surface area (Å²) in [5, 5.41) is 2.88. The largest absolute Gasteiger partial charge is 0.352 e. The fourth-order valence-corrected chi connectivity index (χ4v) is 1.10. The second-order valence-electron chi connectivity index (χ2n) is 3.24. The Bertz CT molecular complexity index is 151. The first-order valence-electron chi connectivity index (χ1n) is 4.70. The molecule has 0 heterocycles. The van der Waals surface area contributed by atoms with Crippen molar-refractivity contribution >= 4 is 5.91 Å². The summed E-state index contributed by atoms with van der Waals surface area (Å²) in [6.07, 6.45) is 2.08. The average molecular weight is 188 g/mol. The second kappa shape index (κ2) is 6.86. The Hall–Kier alpha value is -0.610. The molecule has 0 fully saturated rings. The Balaban J connectivity index is 3.71. The molecular formula is C9H20N2O2. The molecule has 0 rings (SSSR count). The first kappa shape index (κ1) is 12.4. The van der Waals surface area contributed by atoms with Crippen LogP contribution in [0.4, 0.5) is 0 Å². The van der Waals surface area contributed by atoms with Gasteiger partial charge in [0.1, 0.15) is 6.04 Å². The number of nitrogens with one attached hydrogen (secondary N) is 2. The zero-order valence-corrected chi connectivity index (χ0v) is 8.89. The molecule has 13 heavy (non-hydrogen) atoms. The molecule has 2 N–H and O–H groups in total. The van der Waals surface area contributed by atoms with Crippen LogP contribution in [0.25, 0.3) is 0 Å². The molecule has 1 amide bonds. The van der Waals surface area contributed by atoms with Gasteiger partial charge in [-0.2, -0.15) is 5.48 Å². The number of hydrogen-bond donors (Lipinski definition) is 2. The topological polar surface area (TPSA) is 50.4 Å². The highest BCUT2D eigenvalue weighted by molar-refractivity contribution is 5.81. The minimum absolute atomic E-state index is 0.0252. The molecule has 0 aliphatic rings.